The minimum Gasteiger partial charge on any atom is -0.382 e. The van der Waals surface area contributed by atoms with Gasteiger partial charge in [0.05, 0.1) is 6.42 Å². The summed E-state index contributed by atoms with van der Waals surface area (Å²) in [6.45, 7) is 2.24. The van der Waals surface area contributed by atoms with Crippen molar-refractivity contribution in [1.82, 2.24) is 4.90 Å². The van der Waals surface area contributed by atoms with Crippen molar-refractivity contribution < 1.29 is 4.79 Å². The van der Waals surface area contributed by atoms with Crippen molar-refractivity contribution in [2.75, 3.05) is 19.4 Å². The molecular weight excluding hydrogens is 236 g/mol. The van der Waals surface area contributed by atoms with E-state index in [1.165, 1.54) is 24.9 Å². The summed E-state index contributed by atoms with van der Waals surface area (Å²) in [4.78, 5) is 13.3. The Balaban J connectivity index is 1.92. The molecule has 0 bridgehead atoms. The molecule has 104 valence electrons. The van der Waals surface area contributed by atoms with Gasteiger partial charge in [0.25, 0.3) is 0 Å². The van der Waals surface area contributed by atoms with Crippen LogP contribution in [0, 0.1) is 5.92 Å². The van der Waals surface area contributed by atoms with E-state index < -0.39 is 0 Å². The van der Waals surface area contributed by atoms with Gasteiger partial charge in [0.15, 0.2) is 0 Å². The van der Waals surface area contributed by atoms with Gasteiger partial charge in [-0.15, -0.1) is 0 Å². The molecule has 0 spiro atoms. The minimum atomic E-state index is 0.144. The number of likely N-dealkylation sites (N-methyl/N-ethyl adjacent to an activating group) is 1. The van der Waals surface area contributed by atoms with Crippen LogP contribution in [-0.2, 0) is 11.2 Å². The third-order valence-corrected chi connectivity index (χ3v) is 3.79. The number of anilines is 1. The molecule has 0 radical (unpaired) electrons. The van der Waals surface area contributed by atoms with Gasteiger partial charge in [0.2, 0.25) is 5.91 Å². The van der Waals surface area contributed by atoms with Crippen molar-refractivity contribution in [3.05, 3.63) is 29.8 Å². The fourth-order valence-electron chi connectivity index (χ4n) is 2.32. The average Bonchev–Trinajstić information content (AvgIpc) is 3.22. The van der Waals surface area contributed by atoms with E-state index in [0.717, 1.165) is 11.5 Å². The van der Waals surface area contributed by atoms with Gasteiger partial charge < -0.3 is 10.2 Å². The average molecular weight is 260 g/mol. The minimum absolute atomic E-state index is 0.144. The first kappa shape index (κ1) is 13.9. The molecule has 19 heavy (non-hydrogen) atoms. The molecule has 3 heteroatoms. The molecule has 0 heterocycles. The Labute approximate surface area is 116 Å². The zero-order valence-electron chi connectivity index (χ0n) is 12.1. The maximum atomic E-state index is 11.6. The predicted molar refractivity (Wildman–Crippen MR) is 79.3 cm³/mol. The highest BCUT2D eigenvalue weighted by Gasteiger charge is 2.29. The summed E-state index contributed by atoms with van der Waals surface area (Å²) in [5.41, 5.74) is 2.24. The smallest absolute Gasteiger partial charge is 0.226 e. The number of benzene rings is 1. The second kappa shape index (κ2) is 6.09. The number of hydrogen-bond acceptors (Lipinski definition) is 2. The Morgan fingerprint density at radius 2 is 1.95 bits per heavy atom. The quantitative estimate of drug-likeness (QED) is 0.853. The van der Waals surface area contributed by atoms with Gasteiger partial charge in [-0.1, -0.05) is 19.1 Å². The number of amides is 1. The van der Waals surface area contributed by atoms with E-state index in [-0.39, 0.29) is 5.91 Å². The van der Waals surface area contributed by atoms with E-state index in [9.17, 15) is 4.79 Å². The van der Waals surface area contributed by atoms with Crippen molar-refractivity contribution in [1.29, 1.82) is 0 Å². The van der Waals surface area contributed by atoms with Crippen LogP contribution in [0.2, 0.25) is 0 Å². The highest BCUT2D eigenvalue weighted by Crippen LogP contribution is 2.35. The van der Waals surface area contributed by atoms with Crippen LogP contribution in [0.4, 0.5) is 5.69 Å². The molecule has 0 saturated heterocycles. The van der Waals surface area contributed by atoms with E-state index in [1.807, 2.05) is 12.1 Å². The number of hydrogen-bond donors (Lipinski definition) is 1. The molecule has 1 N–H and O–H groups in total. The highest BCUT2D eigenvalue weighted by molar-refractivity contribution is 5.78. The van der Waals surface area contributed by atoms with E-state index in [1.54, 1.807) is 19.0 Å². The lowest BCUT2D eigenvalue weighted by molar-refractivity contribution is -0.127. The van der Waals surface area contributed by atoms with Crippen molar-refractivity contribution >= 4 is 11.6 Å². The second-order valence-corrected chi connectivity index (χ2v) is 5.66. The summed E-state index contributed by atoms with van der Waals surface area (Å²) in [7, 11) is 3.58. The van der Waals surface area contributed by atoms with Gasteiger partial charge in [-0.05, 0) is 42.9 Å². The molecule has 0 aromatic heterocycles. The van der Waals surface area contributed by atoms with Crippen LogP contribution in [0.1, 0.15) is 31.7 Å². The fourth-order valence-corrected chi connectivity index (χ4v) is 2.32. The number of carbonyl (C=O) groups excluding carboxylic acids is 1. The number of nitrogens with zero attached hydrogens (tertiary/aromatic N) is 1. The van der Waals surface area contributed by atoms with Crippen LogP contribution in [0.3, 0.4) is 0 Å². The third-order valence-electron chi connectivity index (χ3n) is 3.79. The largest absolute Gasteiger partial charge is 0.382 e. The van der Waals surface area contributed by atoms with Crippen molar-refractivity contribution in [2.24, 2.45) is 5.92 Å². The molecule has 1 amide bonds. The fraction of sp³-hybridized carbons (Fsp3) is 0.562. The van der Waals surface area contributed by atoms with Crippen molar-refractivity contribution in [3.63, 3.8) is 0 Å². The lowest BCUT2D eigenvalue weighted by Crippen LogP contribution is -2.23. The van der Waals surface area contributed by atoms with Crippen LogP contribution in [0.25, 0.3) is 0 Å². The molecule has 1 atom stereocenters. The van der Waals surface area contributed by atoms with Gasteiger partial charge >= 0.3 is 0 Å². The van der Waals surface area contributed by atoms with Crippen LogP contribution in [0.15, 0.2) is 24.3 Å². The first-order chi connectivity index (χ1) is 9.10. The summed E-state index contributed by atoms with van der Waals surface area (Å²) < 4.78 is 0. The van der Waals surface area contributed by atoms with E-state index >= 15 is 0 Å². The highest BCUT2D eigenvalue weighted by atomic mass is 16.2. The Bertz CT molecular complexity index is 421. The lowest BCUT2D eigenvalue weighted by Gasteiger charge is -2.18. The molecule has 1 saturated carbocycles. The predicted octanol–water partition coefficient (Wildman–Crippen LogP) is 2.92. The van der Waals surface area contributed by atoms with Crippen LogP contribution >= 0.6 is 0 Å². The number of nitrogens with one attached hydrogen (secondary N) is 1. The van der Waals surface area contributed by atoms with Crippen molar-refractivity contribution in [3.8, 4) is 0 Å². The first-order valence-corrected chi connectivity index (χ1v) is 7.15. The maximum Gasteiger partial charge on any atom is 0.226 e. The summed E-state index contributed by atoms with van der Waals surface area (Å²) in [5, 5.41) is 3.60. The second-order valence-electron chi connectivity index (χ2n) is 5.66. The van der Waals surface area contributed by atoms with Crippen molar-refractivity contribution in [2.45, 2.75) is 38.6 Å². The van der Waals surface area contributed by atoms with E-state index in [4.69, 9.17) is 0 Å². The zero-order valence-corrected chi connectivity index (χ0v) is 12.1. The standard InChI is InChI=1S/C16H24N2O/c1-4-15(13-7-8-13)17-14-9-5-12(6-10-14)11-16(19)18(2)3/h5-6,9-10,13,15,17H,4,7-8,11H2,1-3H3. The van der Waals surface area contributed by atoms with Crippen LogP contribution in [0.5, 0.6) is 0 Å². The van der Waals surface area contributed by atoms with Crippen LogP contribution in [-0.4, -0.2) is 30.9 Å². The van der Waals surface area contributed by atoms with Crippen LogP contribution < -0.4 is 5.32 Å². The first-order valence-electron chi connectivity index (χ1n) is 7.15. The number of carbonyl (C=O) groups is 1. The molecule has 2 rings (SSSR count). The molecule has 1 aromatic rings. The molecule has 0 aliphatic heterocycles. The molecule has 1 aromatic carbocycles. The topological polar surface area (TPSA) is 32.3 Å². The van der Waals surface area contributed by atoms with Gasteiger partial charge in [0.1, 0.15) is 0 Å². The Kier molecular flexibility index (Phi) is 4.46. The summed E-state index contributed by atoms with van der Waals surface area (Å²) >= 11 is 0. The molecule has 1 fully saturated rings. The maximum absolute atomic E-state index is 11.6. The SMILES string of the molecule is CCC(Nc1ccc(CC(=O)N(C)C)cc1)C1CC1. The van der Waals surface area contributed by atoms with E-state index in [2.05, 4.69) is 24.4 Å². The van der Waals surface area contributed by atoms with Gasteiger partial charge in [-0.25, -0.2) is 0 Å². The monoisotopic (exact) mass is 260 g/mol. The lowest BCUT2D eigenvalue weighted by atomic mass is 10.1. The zero-order chi connectivity index (χ0) is 13.8. The molecule has 1 unspecified atom stereocenters. The Hall–Kier alpha value is -1.51. The molecule has 3 nitrogen and oxygen atoms in total. The van der Waals surface area contributed by atoms with E-state index in [0.29, 0.717) is 12.5 Å². The molecule has 1 aliphatic carbocycles. The molecule has 1 aliphatic rings. The Morgan fingerprint density at radius 1 is 1.32 bits per heavy atom. The van der Waals surface area contributed by atoms with Gasteiger partial charge in [-0.2, -0.15) is 0 Å². The van der Waals surface area contributed by atoms with Gasteiger partial charge in [0, 0.05) is 25.8 Å². The van der Waals surface area contributed by atoms with Gasteiger partial charge in [-0.3, -0.25) is 4.79 Å². The summed E-state index contributed by atoms with van der Waals surface area (Å²) in [6, 6.07) is 8.87. The summed E-state index contributed by atoms with van der Waals surface area (Å²) in [6.07, 6.45) is 4.38. The third kappa shape index (κ3) is 3.98. The Morgan fingerprint density at radius 3 is 2.42 bits per heavy atom. The summed E-state index contributed by atoms with van der Waals surface area (Å²) in [5.74, 6) is 1.00. The number of rotatable bonds is 6. The molecular formula is C16H24N2O. The normalized spacial score (nSPS) is 15.9.